The average molecular weight is 248 g/mol. The summed E-state index contributed by atoms with van der Waals surface area (Å²) in [5.74, 6) is 0. The molecule has 1 aromatic rings. The summed E-state index contributed by atoms with van der Waals surface area (Å²) < 4.78 is 25.1. The van der Waals surface area contributed by atoms with Crippen LogP contribution in [0.15, 0.2) is 15.7 Å². The van der Waals surface area contributed by atoms with Gasteiger partial charge in [-0.15, -0.1) is 11.3 Å². The number of hydrogen-bond donors (Lipinski definition) is 1. The van der Waals surface area contributed by atoms with Crippen LogP contribution in [-0.2, 0) is 16.6 Å². The molecule has 4 nitrogen and oxygen atoms in total. The van der Waals surface area contributed by atoms with Crippen LogP contribution in [-0.4, -0.2) is 33.4 Å². The van der Waals surface area contributed by atoms with E-state index in [0.717, 1.165) is 18.7 Å². The minimum Gasteiger partial charge on any atom is -0.313 e. The molecule has 1 N–H and O–H groups in total. The molecule has 0 saturated heterocycles. The van der Waals surface area contributed by atoms with Gasteiger partial charge in [-0.05, 0) is 23.6 Å². The monoisotopic (exact) mass is 248 g/mol. The Balaban J connectivity index is 2.85. The lowest BCUT2D eigenvalue weighted by Crippen LogP contribution is -2.21. The molecule has 86 valence electrons. The summed E-state index contributed by atoms with van der Waals surface area (Å²) in [5.41, 5.74) is 1.02. The average Bonchev–Trinajstić information content (AvgIpc) is 2.63. The lowest BCUT2D eigenvalue weighted by Gasteiger charge is -2.08. The van der Waals surface area contributed by atoms with Crippen LogP contribution < -0.4 is 5.32 Å². The predicted molar refractivity (Wildman–Crippen MR) is 62.6 cm³/mol. The first kappa shape index (κ1) is 12.6. The molecule has 1 heterocycles. The molecule has 0 amide bonds. The highest BCUT2D eigenvalue weighted by molar-refractivity contribution is 7.91. The third-order valence-corrected chi connectivity index (χ3v) is 5.22. The normalized spacial score (nSPS) is 12.3. The van der Waals surface area contributed by atoms with Crippen LogP contribution in [0, 0.1) is 0 Å². The van der Waals surface area contributed by atoms with Crippen molar-refractivity contribution in [1.29, 1.82) is 0 Å². The molecule has 0 fully saturated rings. The van der Waals surface area contributed by atoms with Gasteiger partial charge in [0.25, 0.3) is 10.0 Å². The van der Waals surface area contributed by atoms with Crippen LogP contribution in [0.2, 0.25) is 0 Å². The zero-order valence-electron chi connectivity index (χ0n) is 9.15. The van der Waals surface area contributed by atoms with Gasteiger partial charge in [0, 0.05) is 20.6 Å². The lowest BCUT2D eigenvalue weighted by molar-refractivity contribution is 0.523. The topological polar surface area (TPSA) is 49.4 Å². The molecule has 0 radical (unpaired) electrons. The van der Waals surface area contributed by atoms with E-state index >= 15 is 0 Å². The molecular weight excluding hydrogens is 232 g/mol. The molecule has 0 saturated carbocycles. The summed E-state index contributed by atoms with van der Waals surface area (Å²) in [6.07, 6.45) is 0. The molecule has 0 spiro atoms. The van der Waals surface area contributed by atoms with Gasteiger partial charge < -0.3 is 5.32 Å². The largest absolute Gasteiger partial charge is 0.313 e. The molecular formula is C9H16N2O2S2. The van der Waals surface area contributed by atoms with Gasteiger partial charge in [-0.2, -0.15) is 0 Å². The Morgan fingerprint density at radius 2 is 2.13 bits per heavy atom. The lowest BCUT2D eigenvalue weighted by atomic mass is 10.3. The maximum Gasteiger partial charge on any atom is 0.252 e. The number of hydrogen-bond acceptors (Lipinski definition) is 4. The van der Waals surface area contributed by atoms with E-state index in [1.165, 1.54) is 15.6 Å². The van der Waals surface area contributed by atoms with Gasteiger partial charge in [0.1, 0.15) is 4.21 Å². The Morgan fingerprint density at radius 3 is 2.67 bits per heavy atom. The molecule has 0 aromatic carbocycles. The van der Waals surface area contributed by atoms with Crippen molar-refractivity contribution in [3.05, 3.63) is 17.0 Å². The summed E-state index contributed by atoms with van der Waals surface area (Å²) in [4.78, 5) is 0. The molecule has 0 atom stereocenters. The minimum atomic E-state index is -3.26. The molecule has 0 aliphatic heterocycles. The molecule has 0 bridgehead atoms. The number of nitrogens with zero attached hydrogens (tertiary/aromatic N) is 1. The van der Waals surface area contributed by atoms with E-state index in [0.29, 0.717) is 4.21 Å². The number of thiophene rings is 1. The van der Waals surface area contributed by atoms with Crippen LogP contribution in [0.5, 0.6) is 0 Å². The fourth-order valence-corrected chi connectivity index (χ4v) is 3.41. The summed E-state index contributed by atoms with van der Waals surface area (Å²) in [6, 6.07) is 1.72. The van der Waals surface area contributed by atoms with E-state index in [1.54, 1.807) is 20.2 Å². The van der Waals surface area contributed by atoms with Gasteiger partial charge in [-0.1, -0.05) is 6.92 Å². The van der Waals surface area contributed by atoms with Crippen LogP contribution >= 0.6 is 11.3 Å². The Hall–Kier alpha value is -0.430. The van der Waals surface area contributed by atoms with Gasteiger partial charge in [-0.3, -0.25) is 0 Å². The van der Waals surface area contributed by atoms with Gasteiger partial charge >= 0.3 is 0 Å². The van der Waals surface area contributed by atoms with Gasteiger partial charge in [0.15, 0.2) is 0 Å². The second-order valence-corrected chi connectivity index (χ2v) is 6.63. The van der Waals surface area contributed by atoms with Crippen molar-refractivity contribution < 1.29 is 8.42 Å². The van der Waals surface area contributed by atoms with Crippen molar-refractivity contribution in [1.82, 2.24) is 9.62 Å². The second-order valence-electron chi connectivity index (χ2n) is 3.34. The highest BCUT2D eigenvalue weighted by Gasteiger charge is 2.19. The number of sulfonamides is 1. The molecule has 0 aliphatic rings. The number of nitrogens with one attached hydrogen (secondary N) is 1. The highest BCUT2D eigenvalue weighted by atomic mass is 32.2. The molecule has 1 rings (SSSR count). The zero-order valence-corrected chi connectivity index (χ0v) is 10.8. The third-order valence-electron chi connectivity index (χ3n) is 1.94. The van der Waals surface area contributed by atoms with Crippen molar-refractivity contribution in [2.45, 2.75) is 17.7 Å². The van der Waals surface area contributed by atoms with E-state index in [2.05, 4.69) is 5.32 Å². The Labute approximate surface area is 95.0 Å². The second kappa shape index (κ2) is 5.07. The van der Waals surface area contributed by atoms with Crippen molar-refractivity contribution in [2.24, 2.45) is 0 Å². The van der Waals surface area contributed by atoms with Crippen LogP contribution in [0.3, 0.4) is 0 Å². The van der Waals surface area contributed by atoms with Crippen LogP contribution in [0.25, 0.3) is 0 Å². The van der Waals surface area contributed by atoms with Crippen molar-refractivity contribution in [3.63, 3.8) is 0 Å². The van der Waals surface area contributed by atoms with Gasteiger partial charge in [0.05, 0.1) is 0 Å². The van der Waals surface area contributed by atoms with E-state index in [-0.39, 0.29) is 0 Å². The fraction of sp³-hybridized carbons (Fsp3) is 0.556. The highest BCUT2D eigenvalue weighted by Crippen LogP contribution is 2.22. The summed E-state index contributed by atoms with van der Waals surface area (Å²) in [6.45, 7) is 3.62. The van der Waals surface area contributed by atoms with Gasteiger partial charge in [0.2, 0.25) is 0 Å². The van der Waals surface area contributed by atoms with E-state index in [4.69, 9.17) is 0 Å². The van der Waals surface area contributed by atoms with E-state index < -0.39 is 10.0 Å². The van der Waals surface area contributed by atoms with E-state index in [9.17, 15) is 8.42 Å². The van der Waals surface area contributed by atoms with Crippen LogP contribution in [0.4, 0.5) is 0 Å². The molecule has 15 heavy (non-hydrogen) atoms. The Morgan fingerprint density at radius 1 is 1.47 bits per heavy atom. The Bertz CT molecular complexity index is 410. The minimum absolute atomic E-state index is 0.403. The quantitative estimate of drug-likeness (QED) is 0.849. The zero-order chi connectivity index (χ0) is 11.5. The van der Waals surface area contributed by atoms with Crippen molar-refractivity contribution >= 4 is 21.4 Å². The summed E-state index contributed by atoms with van der Waals surface area (Å²) in [5, 5.41) is 5.03. The SMILES string of the molecule is CCNCc1csc(S(=O)(=O)N(C)C)c1. The smallest absolute Gasteiger partial charge is 0.252 e. The maximum atomic E-state index is 11.7. The molecule has 6 heteroatoms. The maximum absolute atomic E-state index is 11.7. The third kappa shape index (κ3) is 3.01. The van der Waals surface area contributed by atoms with Crippen molar-refractivity contribution in [3.8, 4) is 0 Å². The first-order valence-corrected chi connectivity index (χ1v) is 7.01. The van der Waals surface area contributed by atoms with Crippen molar-refractivity contribution in [2.75, 3.05) is 20.6 Å². The standard InChI is InChI=1S/C9H16N2O2S2/c1-4-10-6-8-5-9(14-7-8)15(12,13)11(2)3/h5,7,10H,4,6H2,1-3H3. The first-order valence-electron chi connectivity index (χ1n) is 4.69. The van der Waals surface area contributed by atoms with Crippen LogP contribution in [0.1, 0.15) is 12.5 Å². The summed E-state index contributed by atoms with van der Waals surface area (Å²) in [7, 11) is -0.176. The Kier molecular flexibility index (Phi) is 4.27. The molecule has 0 unspecified atom stereocenters. The molecule has 1 aromatic heterocycles. The summed E-state index contributed by atoms with van der Waals surface area (Å²) >= 11 is 1.27. The van der Waals surface area contributed by atoms with E-state index in [1.807, 2.05) is 12.3 Å². The number of rotatable bonds is 5. The van der Waals surface area contributed by atoms with Gasteiger partial charge in [-0.25, -0.2) is 12.7 Å². The predicted octanol–water partition coefficient (Wildman–Crippen LogP) is 1.11. The molecule has 0 aliphatic carbocycles. The fourth-order valence-electron chi connectivity index (χ4n) is 1.03. The first-order chi connectivity index (χ1) is 6.98.